The first kappa shape index (κ1) is 12.8. The third-order valence-corrected chi connectivity index (χ3v) is 4.25. The zero-order valence-electron chi connectivity index (χ0n) is 10.6. The third kappa shape index (κ3) is 4.64. The van der Waals surface area contributed by atoms with Gasteiger partial charge in [-0.3, -0.25) is 0 Å². The van der Waals surface area contributed by atoms with E-state index < -0.39 is 0 Å². The standard InChI is InChI=1S/C13H21N3S/c1-3-10(2)9-17-13-15-7-11(8-16-13)6-14-12-4-5-12/h7-8,10,12,14H,3-6,9H2,1-2H3. The molecule has 0 aromatic carbocycles. The lowest BCUT2D eigenvalue weighted by molar-refractivity contribution is 0.635. The molecule has 0 aliphatic heterocycles. The third-order valence-electron chi connectivity index (χ3n) is 3.05. The van der Waals surface area contributed by atoms with Crippen LogP contribution in [0.3, 0.4) is 0 Å². The minimum Gasteiger partial charge on any atom is -0.310 e. The van der Waals surface area contributed by atoms with Crippen molar-refractivity contribution in [2.75, 3.05) is 5.75 Å². The van der Waals surface area contributed by atoms with Crippen LogP contribution in [0, 0.1) is 5.92 Å². The zero-order valence-corrected chi connectivity index (χ0v) is 11.5. The Kier molecular flexibility index (Phi) is 4.80. The molecule has 1 N–H and O–H groups in total. The van der Waals surface area contributed by atoms with Crippen LogP contribution >= 0.6 is 11.8 Å². The highest BCUT2D eigenvalue weighted by molar-refractivity contribution is 7.99. The van der Waals surface area contributed by atoms with Crippen molar-refractivity contribution in [3.8, 4) is 0 Å². The molecule has 2 rings (SSSR count). The zero-order chi connectivity index (χ0) is 12.1. The van der Waals surface area contributed by atoms with E-state index in [-0.39, 0.29) is 0 Å². The van der Waals surface area contributed by atoms with E-state index in [1.165, 1.54) is 24.8 Å². The Bertz CT molecular complexity index is 335. The Morgan fingerprint density at radius 2 is 2.12 bits per heavy atom. The van der Waals surface area contributed by atoms with Gasteiger partial charge in [-0.1, -0.05) is 32.0 Å². The number of hydrogen-bond acceptors (Lipinski definition) is 4. The molecule has 17 heavy (non-hydrogen) atoms. The number of rotatable bonds is 7. The van der Waals surface area contributed by atoms with Crippen LogP contribution in [0.15, 0.2) is 17.6 Å². The van der Waals surface area contributed by atoms with Gasteiger partial charge in [0.15, 0.2) is 5.16 Å². The molecule has 1 aliphatic rings. The maximum Gasteiger partial charge on any atom is 0.187 e. The van der Waals surface area contributed by atoms with Crippen LogP contribution in [-0.4, -0.2) is 21.8 Å². The summed E-state index contributed by atoms with van der Waals surface area (Å²) in [6.07, 6.45) is 7.76. The smallest absolute Gasteiger partial charge is 0.187 e. The molecule has 0 amide bonds. The number of nitrogens with zero attached hydrogens (tertiary/aromatic N) is 2. The molecule has 1 atom stereocenters. The molecule has 1 aliphatic carbocycles. The summed E-state index contributed by atoms with van der Waals surface area (Å²) < 4.78 is 0. The van der Waals surface area contributed by atoms with Crippen LogP contribution in [0.5, 0.6) is 0 Å². The average molecular weight is 251 g/mol. The lowest BCUT2D eigenvalue weighted by Gasteiger charge is -2.07. The van der Waals surface area contributed by atoms with Gasteiger partial charge in [-0.05, 0) is 18.8 Å². The highest BCUT2D eigenvalue weighted by Gasteiger charge is 2.19. The highest BCUT2D eigenvalue weighted by Crippen LogP contribution is 2.20. The Hall–Kier alpha value is -0.610. The number of aromatic nitrogens is 2. The first-order valence-electron chi connectivity index (χ1n) is 6.45. The summed E-state index contributed by atoms with van der Waals surface area (Å²) in [5.41, 5.74) is 1.18. The van der Waals surface area contributed by atoms with Crippen molar-refractivity contribution >= 4 is 11.8 Å². The molecule has 1 saturated carbocycles. The summed E-state index contributed by atoms with van der Waals surface area (Å²) in [6, 6.07) is 0.745. The van der Waals surface area contributed by atoms with E-state index in [9.17, 15) is 0 Å². The van der Waals surface area contributed by atoms with Crippen LogP contribution in [-0.2, 0) is 6.54 Å². The molecule has 1 aromatic rings. The molecule has 4 heteroatoms. The second-order valence-corrected chi connectivity index (χ2v) is 5.84. The molecule has 1 aromatic heterocycles. The van der Waals surface area contributed by atoms with Crippen LogP contribution in [0.1, 0.15) is 38.7 Å². The van der Waals surface area contributed by atoms with Crippen molar-refractivity contribution in [2.45, 2.75) is 50.9 Å². The number of nitrogens with one attached hydrogen (secondary N) is 1. The predicted octanol–water partition coefficient (Wildman–Crippen LogP) is 2.87. The molecule has 0 spiro atoms. The SMILES string of the molecule is CCC(C)CSc1ncc(CNC2CC2)cn1. The van der Waals surface area contributed by atoms with Gasteiger partial charge in [-0.15, -0.1) is 0 Å². The molecular formula is C13H21N3S. The topological polar surface area (TPSA) is 37.8 Å². The molecule has 3 nitrogen and oxygen atoms in total. The van der Waals surface area contributed by atoms with Crippen molar-refractivity contribution in [3.05, 3.63) is 18.0 Å². The van der Waals surface area contributed by atoms with Gasteiger partial charge >= 0.3 is 0 Å². The van der Waals surface area contributed by atoms with Gasteiger partial charge in [-0.25, -0.2) is 9.97 Å². The largest absolute Gasteiger partial charge is 0.310 e. The summed E-state index contributed by atoms with van der Waals surface area (Å²) in [5.74, 6) is 1.84. The molecule has 1 heterocycles. The van der Waals surface area contributed by atoms with Crippen LogP contribution in [0.2, 0.25) is 0 Å². The molecule has 1 unspecified atom stereocenters. The van der Waals surface area contributed by atoms with E-state index >= 15 is 0 Å². The van der Waals surface area contributed by atoms with E-state index in [1.807, 2.05) is 12.4 Å². The van der Waals surface area contributed by atoms with Crippen LogP contribution < -0.4 is 5.32 Å². The van der Waals surface area contributed by atoms with E-state index in [2.05, 4.69) is 29.1 Å². The van der Waals surface area contributed by atoms with Crippen molar-refractivity contribution in [2.24, 2.45) is 5.92 Å². The van der Waals surface area contributed by atoms with Gasteiger partial charge in [-0.2, -0.15) is 0 Å². The summed E-state index contributed by atoms with van der Waals surface area (Å²) >= 11 is 1.76. The summed E-state index contributed by atoms with van der Waals surface area (Å²) in [7, 11) is 0. The van der Waals surface area contributed by atoms with E-state index in [0.29, 0.717) is 0 Å². The van der Waals surface area contributed by atoms with Crippen LogP contribution in [0.4, 0.5) is 0 Å². The van der Waals surface area contributed by atoms with Gasteiger partial charge in [0.1, 0.15) is 0 Å². The van der Waals surface area contributed by atoms with E-state index in [4.69, 9.17) is 0 Å². The lowest BCUT2D eigenvalue weighted by atomic mass is 10.2. The van der Waals surface area contributed by atoms with Crippen molar-refractivity contribution < 1.29 is 0 Å². The first-order chi connectivity index (χ1) is 8.28. The molecule has 0 saturated heterocycles. The van der Waals surface area contributed by atoms with Gasteiger partial charge in [0.25, 0.3) is 0 Å². The first-order valence-corrected chi connectivity index (χ1v) is 7.43. The Morgan fingerprint density at radius 3 is 2.71 bits per heavy atom. The van der Waals surface area contributed by atoms with Crippen molar-refractivity contribution in [1.82, 2.24) is 15.3 Å². The minimum atomic E-state index is 0.736. The number of hydrogen-bond donors (Lipinski definition) is 1. The fraction of sp³-hybridized carbons (Fsp3) is 0.692. The quantitative estimate of drug-likeness (QED) is 0.597. The Balaban J connectivity index is 1.75. The molecular weight excluding hydrogens is 230 g/mol. The monoisotopic (exact) mass is 251 g/mol. The second kappa shape index (κ2) is 6.36. The number of thioether (sulfide) groups is 1. The van der Waals surface area contributed by atoms with Gasteiger partial charge in [0.2, 0.25) is 0 Å². The molecule has 0 radical (unpaired) electrons. The highest BCUT2D eigenvalue weighted by atomic mass is 32.2. The minimum absolute atomic E-state index is 0.736. The van der Waals surface area contributed by atoms with E-state index in [0.717, 1.165) is 29.4 Å². The normalized spacial score (nSPS) is 17.1. The fourth-order valence-corrected chi connectivity index (χ4v) is 2.32. The van der Waals surface area contributed by atoms with E-state index in [1.54, 1.807) is 11.8 Å². The second-order valence-electron chi connectivity index (χ2n) is 4.85. The van der Waals surface area contributed by atoms with Crippen LogP contribution in [0.25, 0.3) is 0 Å². The predicted molar refractivity (Wildman–Crippen MR) is 72.1 cm³/mol. The van der Waals surface area contributed by atoms with Crippen molar-refractivity contribution in [1.29, 1.82) is 0 Å². The van der Waals surface area contributed by atoms with Gasteiger partial charge in [0, 0.05) is 36.3 Å². The Morgan fingerprint density at radius 1 is 1.41 bits per heavy atom. The van der Waals surface area contributed by atoms with Gasteiger partial charge < -0.3 is 5.32 Å². The summed E-state index contributed by atoms with van der Waals surface area (Å²) in [6.45, 7) is 5.39. The summed E-state index contributed by atoms with van der Waals surface area (Å²) in [5, 5.41) is 4.37. The maximum atomic E-state index is 4.40. The molecule has 1 fully saturated rings. The van der Waals surface area contributed by atoms with Gasteiger partial charge in [0.05, 0.1) is 0 Å². The summed E-state index contributed by atoms with van der Waals surface area (Å²) in [4.78, 5) is 8.79. The molecule has 94 valence electrons. The molecule has 0 bridgehead atoms. The maximum absolute atomic E-state index is 4.40. The average Bonchev–Trinajstić information content (AvgIpc) is 3.18. The van der Waals surface area contributed by atoms with Crippen molar-refractivity contribution in [3.63, 3.8) is 0 Å². The lowest BCUT2D eigenvalue weighted by Crippen LogP contribution is -2.15. The Labute approximate surface area is 108 Å². The fourth-order valence-electron chi connectivity index (χ4n) is 1.39.